The van der Waals surface area contributed by atoms with E-state index in [9.17, 15) is 0 Å². The number of morpholine rings is 1. The number of ether oxygens (including phenoxy) is 1. The van der Waals surface area contributed by atoms with Gasteiger partial charge in [-0.15, -0.1) is 0 Å². The van der Waals surface area contributed by atoms with Gasteiger partial charge in [0.1, 0.15) is 0 Å². The van der Waals surface area contributed by atoms with E-state index in [2.05, 4.69) is 40.7 Å². The Bertz CT molecular complexity index is 406. The molecule has 0 radical (unpaired) electrons. The molecule has 1 aromatic carbocycles. The summed E-state index contributed by atoms with van der Waals surface area (Å²) in [5.41, 5.74) is 8.02. The normalized spacial score (nSPS) is 20.4. The van der Waals surface area contributed by atoms with Gasteiger partial charge in [-0.25, -0.2) is 0 Å². The molecule has 2 N–H and O–H groups in total. The van der Waals surface area contributed by atoms with Gasteiger partial charge >= 0.3 is 0 Å². The first-order valence-corrected chi connectivity index (χ1v) is 6.66. The van der Waals surface area contributed by atoms with Crippen LogP contribution in [0.5, 0.6) is 0 Å². The van der Waals surface area contributed by atoms with E-state index in [0.29, 0.717) is 0 Å². The van der Waals surface area contributed by atoms with E-state index in [4.69, 9.17) is 10.5 Å². The molecule has 0 unspecified atom stereocenters. The van der Waals surface area contributed by atoms with Crippen molar-refractivity contribution in [3.63, 3.8) is 0 Å². The van der Waals surface area contributed by atoms with E-state index in [0.717, 1.165) is 36.5 Å². The standard InChI is InChI=1S/C13H19BrN2O/c1-13(2)9-17-7-6-16(13)8-10-4-3-5-11(15)12(10)14/h3-5H,6-9,15H2,1-2H3. The number of rotatable bonds is 2. The highest BCUT2D eigenvalue weighted by Crippen LogP contribution is 2.28. The lowest BCUT2D eigenvalue weighted by Gasteiger charge is -2.42. The number of nitrogen functional groups attached to an aromatic ring is 1. The second-order valence-electron chi connectivity index (χ2n) is 5.11. The monoisotopic (exact) mass is 298 g/mol. The molecule has 1 fully saturated rings. The molecule has 17 heavy (non-hydrogen) atoms. The predicted octanol–water partition coefficient (Wildman–Crippen LogP) is 2.64. The second kappa shape index (κ2) is 4.96. The summed E-state index contributed by atoms with van der Waals surface area (Å²) in [5, 5.41) is 0. The molecule has 0 bridgehead atoms. The summed E-state index contributed by atoms with van der Waals surface area (Å²) in [6.45, 7) is 7.89. The highest BCUT2D eigenvalue weighted by molar-refractivity contribution is 9.10. The predicted molar refractivity (Wildman–Crippen MR) is 73.9 cm³/mol. The highest BCUT2D eigenvalue weighted by atomic mass is 79.9. The molecule has 0 spiro atoms. The maximum atomic E-state index is 5.90. The van der Waals surface area contributed by atoms with Gasteiger partial charge in [-0.2, -0.15) is 0 Å². The third kappa shape index (κ3) is 2.81. The van der Waals surface area contributed by atoms with E-state index >= 15 is 0 Å². The van der Waals surface area contributed by atoms with Crippen molar-refractivity contribution in [1.29, 1.82) is 0 Å². The van der Waals surface area contributed by atoms with Gasteiger partial charge in [-0.05, 0) is 41.4 Å². The first kappa shape index (κ1) is 12.9. The Morgan fingerprint density at radius 1 is 1.47 bits per heavy atom. The Morgan fingerprint density at radius 3 is 2.94 bits per heavy atom. The van der Waals surface area contributed by atoms with Crippen molar-refractivity contribution >= 4 is 21.6 Å². The number of hydrogen-bond donors (Lipinski definition) is 1. The number of hydrogen-bond acceptors (Lipinski definition) is 3. The first-order valence-electron chi connectivity index (χ1n) is 5.86. The third-order valence-electron chi connectivity index (χ3n) is 3.29. The minimum absolute atomic E-state index is 0.0856. The van der Waals surface area contributed by atoms with Gasteiger partial charge in [-0.3, -0.25) is 4.90 Å². The molecule has 1 heterocycles. The van der Waals surface area contributed by atoms with Crippen molar-refractivity contribution in [3.05, 3.63) is 28.2 Å². The summed E-state index contributed by atoms with van der Waals surface area (Å²) in [6, 6.07) is 6.03. The van der Waals surface area contributed by atoms with Gasteiger partial charge in [0, 0.05) is 28.8 Å². The molecule has 2 rings (SSSR count). The number of anilines is 1. The zero-order chi connectivity index (χ0) is 12.5. The van der Waals surface area contributed by atoms with Crippen molar-refractivity contribution in [3.8, 4) is 0 Å². The molecule has 4 heteroatoms. The summed E-state index contributed by atoms with van der Waals surface area (Å²) in [6.07, 6.45) is 0. The van der Waals surface area contributed by atoms with Gasteiger partial charge in [0.05, 0.1) is 13.2 Å². The zero-order valence-corrected chi connectivity index (χ0v) is 12.0. The van der Waals surface area contributed by atoms with Crippen molar-refractivity contribution in [1.82, 2.24) is 4.90 Å². The maximum Gasteiger partial charge on any atom is 0.0645 e. The van der Waals surface area contributed by atoms with Gasteiger partial charge in [0.25, 0.3) is 0 Å². The average molecular weight is 299 g/mol. The lowest BCUT2D eigenvalue weighted by molar-refractivity contribution is -0.0553. The van der Waals surface area contributed by atoms with Crippen molar-refractivity contribution < 1.29 is 4.74 Å². The maximum absolute atomic E-state index is 5.90. The van der Waals surface area contributed by atoms with E-state index in [-0.39, 0.29) is 5.54 Å². The fourth-order valence-corrected chi connectivity index (χ4v) is 2.50. The van der Waals surface area contributed by atoms with Crippen LogP contribution in [0.15, 0.2) is 22.7 Å². The molecule has 0 amide bonds. The van der Waals surface area contributed by atoms with Crippen LogP contribution >= 0.6 is 15.9 Å². The second-order valence-corrected chi connectivity index (χ2v) is 5.90. The molecule has 1 aliphatic rings. The average Bonchev–Trinajstić information content (AvgIpc) is 2.27. The van der Waals surface area contributed by atoms with E-state index in [1.54, 1.807) is 0 Å². The number of nitrogens with zero attached hydrogens (tertiary/aromatic N) is 1. The van der Waals surface area contributed by atoms with Crippen molar-refractivity contribution in [2.45, 2.75) is 25.9 Å². The summed E-state index contributed by atoms with van der Waals surface area (Å²) in [7, 11) is 0. The highest BCUT2D eigenvalue weighted by Gasteiger charge is 2.30. The molecule has 0 aromatic heterocycles. The molecule has 94 valence electrons. The van der Waals surface area contributed by atoms with E-state index in [1.807, 2.05) is 12.1 Å². The van der Waals surface area contributed by atoms with Crippen LogP contribution in [0, 0.1) is 0 Å². The van der Waals surface area contributed by atoms with Gasteiger partial charge in [0.2, 0.25) is 0 Å². The molecular weight excluding hydrogens is 280 g/mol. The molecule has 3 nitrogen and oxygen atoms in total. The van der Waals surface area contributed by atoms with Crippen LogP contribution in [0.25, 0.3) is 0 Å². The smallest absolute Gasteiger partial charge is 0.0645 e. The molecule has 0 aliphatic carbocycles. The molecule has 1 aromatic rings. The number of halogens is 1. The van der Waals surface area contributed by atoms with Crippen molar-refractivity contribution in [2.75, 3.05) is 25.5 Å². The van der Waals surface area contributed by atoms with E-state index in [1.165, 1.54) is 5.56 Å². The van der Waals surface area contributed by atoms with Crippen LogP contribution in [0.4, 0.5) is 5.69 Å². The molecule has 0 atom stereocenters. The lowest BCUT2D eigenvalue weighted by Crippen LogP contribution is -2.52. The summed E-state index contributed by atoms with van der Waals surface area (Å²) < 4.78 is 6.54. The van der Waals surface area contributed by atoms with E-state index < -0.39 is 0 Å². The van der Waals surface area contributed by atoms with Crippen molar-refractivity contribution in [2.24, 2.45) is 0 Å². The van der Waals surface area contributed by atoms with Gasteiger partial charge in [0.15, 0.2) is 0 Å². The fourth-order valence-electron chi connectivity index (χ4n) is 2.11. The van der Waals surface area contributed by atoms with Crippen LogP contribution in [0.1, 0.15) is 19.4 Å². The molecular formula is C13H19BrN2O. The summed E-state index contributed by atoms with van der Waals surface area (Å²) in [4.78, 5) is 2.44. The largest absolute Gasteiger partial charge is 0.398 e. The quantitative estimate of drug-likeness (QED) is 0.853. The van der Waals surface area contributed by atoms with Crippen LogP contribution in [0.2, 0.25) is 0 Å². The van der Waals surface area contributed by atoms with Crippen LogP contribution < -0.4 is 5.73 Å². The number of nitrogens with two attached hydrogens (primary N) is 1. The summed E-state index contributed by atoms with van der Waals surface area (Å²) in [5.74, 6) is 0. The lowest BCUT2D eigenvalue weighted by atomic mass is 10.0. The van der Waals surface area contributed by atoms with Gasteiger partial charge < -0.3 is 10.5 Å². The Kier molecular flexibility index (Phi) is 3.76. The summed E-state index contributed by atoms with van der Waals surface area (Å²) >= 11 is 3.56. The Labute approximate surface area is 111 Å². The zero-order valence-electron chi connectivity index (χ0n) is 10.4. The van der Waals surface area contributed by atoms with Gasteiger partial charge in [-0.1, -0.05) is 12.1 Å². The third-order valence-corrected chi connectivity index (χ3v) is 4.25. The minimum Gasteiger partial charge on any atom is -0.398 e. The topological polar surface area (TPSA) is 38.5 Å². The van der Waals surface area contributed by atoms with Crippen LogP contribution in [0.3, 0.4) is 0 Å². The Balaban J connectivity index is 2.17. The number of benzene rings is 1. The van der Waals surface area contributed by atoms with Crippen LogP contribution in [-0.2, 0) is 11.3 Å². The Hall–Kier alpha value is -0.580. The fraction of sp³-hybridized carbons (Fsp3) is 0.538. The minimum atomic E-state index is 0.0856. The first-order chi connectivity index (χ1) is 8.00. The molecule has 1 saturated heterocycles. The molecule has 1 aliphatic heterocycles. The Morgan fingerprint density at radius 2 is 2.24 bits per heavy atom. The SMILES string of the molecule is CC1(C)COCCN1Cc1cccc(N)c1Br. The molecule has 0 saturated carbocycles. The van der Waals surface area contributed by atoms with Crippen LogP contribution in [-0.4, -0.2) is 30.2 Å².